The SMILES string of the molecule is O=C(O)NC1CCC2(CCCCC2=[IH])CC1. The van der Waals surface area contributed by atoms with Gasteiger partial charge in [0.1, 0.15) is 0 Å². The predicted molar refractivity (Wildman–Crippen MR) is 74.7 cm³/mol. The van der Waals surface area contributed by atoms with Crippen molar-refractivity contribution < 1.29 is 9.90 Å². The lowest BCUT2D eigenvalue weighted by molar-refractivity contribution is 0.171. The molecule has 0 atom stereocenters. The molecule has 4 heteroatoms. The van der Waals surface area contributed by atoms with Crippen molar-refractivity contribution in [1.29, 1.82) is 0 Å². The molecule has 0 saturated heterocycles. The van der Waals surface area contributed by atoms with Crippen LogP contribution in [0.4, 0.5) is 4.79 Å². The van der Waals surface area contributed by atoms with E-state index in [0.717, 1.165) is 12.8 Å². The molecule has 92 valence electrons. The van der Waals surface area contributed by atoms with Gasteiger partial charge in [-0.05, 0) is 53.9 Å². The molecule has 0 aromatic carbocycles. The van der Waals surface area contributed by atoms with Crippen molar-refractivity contribution in [3.63, 3.8) is 0 Å². The molecule has 0 aromatic heterocycles. The van der Waals surface area contributed by atoms with E-state index < -0.39 is 6.09 Å². The second kappa shape index (κ2) is 5.02. The van der Waals surface area contributed by atoms with Gasteiger partial charge < -0.3 is 10.4 Å². The molecule has 16 heavy (non-hydrogen) atoms. The molecule has 3 nitrogen and oxygen atoms in total. The average Bonchev–Trinajstić information content (AvgIpc) is 2.25. The van der Waals surface area contributed by atoms with E-state index in [0.29, 0.717) is 5.41 Å². The Hall–Kier alpha value is -0.130. The van der Waals surface area contributed by atoms with Crippen LogP contribution in [0, 0.1) is 5.41 Å². The number of halogens is 1. The summed E-state index contributed by atoms with van der Waals surface area (Å²) in [7, 11) is 0. The molecule has 2 aliphatic carbocycles. The number of rotatable bonds is 1. The third kappa shape index (κ3) is 2.57. The third-order valence-corrected chi connectivity index (χ3v) is 5.99. The number of amides is 1. The summed E-state index contributed by atoms with van der Waals surface area (Å²) < 4.78 is 1.68. The molecular weight excluding hydrogens is 317 g/mol. The van der Waals surface area contributed by atoms with Gasteiger partial charge in [-0.25, -0.2) is 4.79 Å². The van der Waals surface area contributed by atoms with E-state index in [-0.39, 0.29) is 6.04 Å². The van der Waals surface area contributed by atoms with Crippen LogP contribution < -0.4 is 5.32 Å². The maximum Gasteiger partial charge on any atom is 0.404 e. The zero-order valence-electron chi connectivity index (χ0n) is 9.50. The molecule has 2 aliphatic rings. The van der Waals surface area contributed by atoms with Crippen LogP contribution in [-0.2, 0) is 0 Å². The smallest absolute Gasteiger partial charge is 0.404 e. The van der Waals surface area contributed by atoms with Gasteiger partial charge in [0.05, 0.1) is 0 Å². The lowest BCUT2D eigenvalue weighted by Crippen LogP contribution is -2.43. The van der Waals surface area contributed by atoms with Crippen LogP contribution in [0.3, 0.4) is 0 Å². The van der Waals surface area contributed by atoms with Crippen LogP contribution in [0.5, 0.6) is 0 Å². The highest BCUT2D eigenvalue weighted by Crippen LogP contribution is 2.46. The van der Waals surface area contributed by atoms with E-state index in [1.807, 2.05) is 0 Å². The molecule has 0 aromatic rings. The molecule has 0 bridgehead atoms. The first-order valence-electron chi connectivity index (χ1n) is 6.15. The molecule has 0 radical (unpaired) electrons. The van der Waals surface area contributed by atoms with E-state index in [4.69, 9.17) is 5.11 Å². The number of carbonyl (C=O) groups is 1. The highest BCUT2D eigenvalue weighted by molar-refractivity contribution is 14.1. The quantitative estimate of drug-likeness (QED) is 0.723. The predicted octanol–water partition coefficient (Wildman–Crippen LogP) is 3.10. The Morgan fingerprint density at radius 3 is 2.56 bits per heavy atom. The number of hydrogen-bond donors (Lipinski definition) is 2. The fourth-order valence-corrected chi connectivity index (χ4v) is 4.46. The zero-order chi connectivity index (χ0) is 11.6. The number of hydrogen-bond acceptors (Lipinski definition) is 1. The average molecular weight is 337 g/mol. The monoisotopic (exact) mass is 337 g/mol. The maximum absolute atomic E-state index is 10.6. The molecule has 0 heterocycles. The minimum Gasteiger partial charge on any atom is -0.465 e. The number of nitrogens with one attached hydrogen (secondary N) is 1. The Morgan fingerprint density at radius 1 is 1.31 bits per heavy atom. The first-order valence-corrected chi connectivity index (χ1v) is 7.32. The minimum atomic E-state index is -0.869. The fourth-order valence-electron chi connectivity index (χ4n) is 3.17. The third-order valence-electron chi connectivity index (χ3n) is 4.17. The van der Waals surface area contributed by atoms with E-state index >= 15 is 0 Å². The van der Waals surface area contributed by atoms with Crippen molar-refractivity contribution in [2.45, 2.75) is 57.4 Å². The van der Waals surface area contributed by atoms with Crippen molar-refractivity contribution in [3.8, 4) is 0 Å². The van der Waals surface area contributed by atoms with Gasteiger partial charge in [-0.1, -0.05) is 6.42 Å². The van der Waals surface area contributed by atoms with Crippen LogP contribution in [0.15, 0.2) is 0 Å². The summed E-state index contributed by atoms with van der Waals surface area (Å²) in [4.78, 5) is 10.6. The number of carboxylic acid groups (broad SMARTS) is 1. The Morgan fingerprint density at radius 2 is 2.00 bits per heavy atom. The summed E-state index contributed by atoms with van der Waals surface area (Å²) >= 11 is 2.23. The Kier molecular flexibility index (Phi) is 3.87. The van der Waals surface area contributed by atoms with Crippen molar-refractivity contribution in [1.82, 2.24) is 5.32 Å². The Balaban J connectivity index is 1.92. The Bertz CT molecular complexity index is 295. The van der Waals surface area contributed by atoms with Gasteiger partial charge in [0.25, 0.3) is 0 Å². The van der Waals surface area contributed by atoms with Crippen LogP contribution in [0.25, 0.3) is 0 Å². The molecule has 1 amide bonds. The van der Waals surface area contributed by atoms with Crippen LogP contribution in [0.2, 0.25) is 0 Å². The second-order valence-electron chi connectivity index (χ2n) is 5.13. The largest absolute Gasteiger partial charge is 0.465 e. The highest BCUT2D eigenvalue weighted by atomic mass is 127. The molecular formula is C12H20INO2. The second-order valence-corrected chi connectivity index (χ2v) is 6.54. The van der Waals surface area contributed by atoms with Crippen molar-refractivity contribution >= 4 is 31.7 Å². The van der Waals surface area contributed by atoms with Gasteiger partial charge in [-0.2, -0.15) is 0 Å². The molecule has 2 saturated carbocycles. The first-order chi connectivity index (χ1) is 7.62. The van der Waals surface area contributed by atoms with Crippen LogP contribution in [0.1, 0.15) is 51.4 Å². The summed E-state index contributed by atoms with van der Waals surface area (Å²) in [5, 5.41) is 11.3. The zero-order valence-corrected chi connectivity index (χ0v) is 11.8. The van der Waals surface area contributed by atoms with E-state index in [1.54, 1.807) is 3.51 Å². The fraction of sp³-hybridized carbons (Fsp3) is 0.833. The first kappa shape index (κ1) is 12.3. The topological polar surface area (TPSA) is 49.3 Å². The maximum atomic E-state index is 10.6. The van der Waals surface area contributed by atoms with Crippen LogP contribution >= 0.6 is 22.1 Å². The van der Waals surface area contributed by atoms with Crippen molar-refractivity contribution in [2.24, 2.45) is 5.41 Å². The van der Waals surface area contributed by atoms with Gasteiger partial charge in [-0.3, -0.25) is 0 Å². The lowest BCUT2D eigenvalue weighted by atomic mass is 9.64. The van der Waals surface area contributed by atoms with Gasteiger partial charge >= 0.3 is 6.09 Å². The Labute approximate surface area is 110 Å². The van der Waals surface area contributed by atoms with Gasteiger partial charge in [0.2, 0.25) is 0 Å². The minimum absolute atomic E-state index is 0.194. The van der Waals surface area contributed by atoms with Crippen molar-refractivity contribution in [2.75, 3.05) is 0 Å². The normalized spacial score (nSPS) is 35.1. The highest BCUT2D eigenvalue weighted by Gasteiger charge is 2.39. The van der Waals surface area contributed by atoms with Gasteiger partial charge in [0.15, 0.2) is 0 Å². The van der Waals surface area contributed by atoms with Gasteiger partial charge in [-0.15, -0.1) is 22.1 Å². The lowest BCUT2D eigenvalue weighted by Gasteiger charge is -2.44. The van der Waals surface area contributed by atoms with E-state index in [1.165, 1.54) is 38.5 Å². The summed E-state index contributed by atoms with van der Waals surface area (Å²) in [6.45, 7) is 0. The van der Waals surface area contributed by atoms with E-state index in [2.05, 4.69) is 27.4 Å². The summed E-state index contributed by atoms with van der Waals surface area (Å²) in [6, 6.07) is 0.194. The molecule has 2 fully saturated rings. The standard InChI is InChI=1S/C12H20INO2/c13-10-3-1-2-6-12(10)7-4-9(5-8-12)14-11(15)16/h9,13-14H,1-8H2,(H,15,16). The molecule has 2 N–H and O–H groups in total. The van der Waals surface area contributed by atoms with Gasteiger partial charge in [0, 0.05) is 6.04 Å². The molecule has 0 unspecified atom stereocenters. The molecule has 2 rings (SSSR count). The summed E-state index contributed by atoms with van der Waals surface area (Å²) in [6.07, 6.45) is 8.88. The molecule has 0 aliphatic heterocycles. The van der Waals surface area contributed by atoms with Crippen LogP contribution in [-0.4, -0.2) is 20.8 Å². The van der Waals surface area contributed by atoms with E-state index in [9.17, 15) is 4.79 Å². The molecule has 1 spiro atoms. The summed E-state index contributed by atoms with van der Waals surface area (Å²) in [5.74, 6) is 0. The summed E-state index contributed by atoms with van der Waals surface area (Å²) in [5.41, 5.74) is 0.472. The van der Waals surface area contributed by atoms with Crippen molar-refractivity contribution in [3.05, 3.63) is 0 Å².